The van der Waals surface area contributed by atoms with Crippen molar-refractivity contribution >= 4 is 17.4 Å². The number of hydrogen-bond donors (Lipinski definition) is 1. The number of nitrogens with zero attached hydrogens (tertiary/aromatic N) is 8. The maximum atomic E-state index is 8.86. The summed E-state index contributed by atoms with van der Waals surface area (Å²) in [4.78, 5) is 19.6. The molecule has 2 fully saturated rings. The van der Waals surface area contributed by atoms with Gasteiger partial charge in [0.2, 0.25) is 5.95 Å². The maximum absolute atomic E-state index is 8.86. The quantitative estimate of drug-likeness (QED) is 0.646. The molecule has 3 aromatic rings. The molecular weight excluding hydrogens is 398 g/mol. The summed E-state index contributed by atoms with van der Waals surface area (Å²) >= 11 is 0. The summed E-state index contributed by atoms with van der Waals surface area (Å²) < 4.78 is 13.4. The van der Waals surface area contributed by atoms with Gasteiger partial charge in [-0.3, -0.25) is 0 Å². The van der Waals surface area contributed by atoms with Gasteiger partial charge in [-0.2, -0.15) is 19.9 Å². The van der Waals surface area contributed by atoms with E-state index in [4.69, 9.17) is 19.7 Å². The van der Waals surface area contributed by atoms with Gasteiger partial charge in [0.1, 0.15) is 24.3 Å². The van der Waals surface area contributed by atoms with Gasteiger partial charge >= 0.3 is 6.01 Å². The Hall–Kier alpha value is -3.52. The molecular formula is C20H23N9O2. The molecule has 1 saturated heterocycles. The van der Waals surface area contributed by atoms with E-state index in [0.717, 1.165) is 50.2 Å². The van der Waals surface area contributed by atoms with Crippen LogP contribution in [0.5, 0.6) is 6.01 Å². The highest BCUT2D eigenvalue weighted by Crippen LogP contribution is 2.26. The van der Waals surface area contributed by atoms with Crippen molar-refractivity contribution in [2.45, 2.75) is 37.8 Å². The van der Waals surface area contributed by atoms with Gasteiger partial charge in [-0.1, -0.05) is 0 Å². The van der Waals surface area contributed by atoms with E-state index in [-0.39, 0.29) is 12.1 Å². The molecule has 1 aliphatic heterocycles. The Morgan fingerprint density at radius 1 is 1.10 bits per heavy atom. The fourth-order valence-electron chi connectivity index (χ4n) is 3.94. The minimum atomic E-state index is 0.0553. The SMILES string of the molecule is N#Cc1cnc(NC2CCC(Oc3nc(N4CCOCC4)cc4ncnn34)CC2)nc1. The van der Waals surface area contributed by atoms with Crippen LogP contribution in [0.3, 0.4) is 0 Å². The van der Waals surface area contributed by atoms with Crippen molar-refractivity contribution in [2.75, 3.05) is 36.5 Å². The molecule has 3 aromatic heterocycles. The first kappa shape index (κ1) is 19.4. The van der Waals surface area contributed by atoms with E-state index < -0.39 is 0 Å². The van der Waals surface area contributed by atoms with E-state index in [0.29, 0.717) is 30.7 Å². The Morgan fingerprint density at radius 3 is 2.61 bits per heavy atom. The normalized spacial score (nSPS) is 21.6. The van der Waals surface area contributed by atoms with E-state index in [1.807, 2.05) is 12.1 Å². The van der Waals surface area contributed by atoms with Crippen LogP contribution in [0.1, 0.15) is 31.2 Å². The zero-order valence-corrected chi connectivity index (χ0v) is 17.0. The third-order valence-electron chi connectivity index (χ3n) is 5.62. The second-order valence-electron chi connectivity index (χ2n) is 7.67. The van der Waals surface area contributed by atoms with Gasteiger partial charge in [-0.25, -0.2) is 15.0 Å². The van der Waals surface area contributed by atoms with Crippen LogP contribution in [-0.4, -0.2) is 68.0 Å². The molecule has 11 nitrogen and oxygen atoms in total. The van der Waals surface area contributed by atoms with Crippen molar-refractivity contribution in [1.29, 1.82) is 5.26 Å². The Kier molecular flexibility index (Phi) is 5.45. The summed E-state index contributed by atoms with van der Waals surface area (Å²) in [6, 6.07) is 4.71. The summed E-state index contributed by atoms with van der Waals surface area (Å²) in [7, 11) is 0. The first-order valence-corrected chi connectivity index (χ1v) is 10.5. The van der Waals surface area contributed by atoms with Crippen molar-refractivity contribution in [3.05, 3.63) is 30.4 Å². The van der Waals surface area contributed by atoms with E-state index in [1.54, 1.807) is 4.52 Å². The number of morpholine rings is 1. The molecule has 0 aromatic carbocycles. The fraction of sp³-hybridized carbons (Fsp3) is 0.500. The van der Waals surface area contributed by atoms with Crippen LogP contribution in [-0.2, 0) is 4.74 Å². The molecule has 0 atom stereocenters. The van der Waals surface area contributed by atoms with Gasteiger partial charge in [-0.15, -0.1) is 0 Å². The van der Waals surface area contributed by atoms with Crippen molar-refractivity contribution in [3.63, 3.8) is 0 Å². The molecule has 0 spiro atoms. The lowest BCUT2D eigenvalue weighted by Gasteiger charge is -2.30. The number of ether oxygens (including phenoxy) is 2. The van der Waals surface area contributed by atoms with Crippen LogP contribution in [0.15, 0.2) is 24.8 Å². The number of nitriles is 1. The lowest BCUT2D eigenvalue weighted by atomic mass is 9.93. The van der Waals surface area contributed by atoms with Gasteiger partial charge in [0, 0.05) is 25.2 Å². The van der Waals surface area contributed by atoms with Gasteiger partial charge in [-0.05, 0) is 25.7 Å². The van der Waals surface area contributed by atoms with Crippen LogP contribution < -0.4 is 15.0 Å². The standard InChI is InChI=1S/C20H23N9O2/c21-10-14-11-22-19(23-12-14)26-15-1-3-16(4-2-15)31-20-27-18(28-5-7-30-8-6-28)9-17-24-13-25-29(17)20/h9,11-13,15-16H,1-8H2,(H,22,23,26). The summed E-state index contributed by atoms with van der Waals surface area (Å²) in [5.74, 6) is 1.39. The number of fused-ring (bicyclic) bond motifs is 1. The highest BCUT2D eigenvalue weighted by atomic mass is 16.5. The Bertz CT molecular complexity index is 1060. The topological polar surface area (TPSA) is 126 Å². The Labute approximate surface area is 179 Å². The molecule has 160 valence electrons. The fourth-order valence-corrected chi connectivity index (χ4v) is 3.94. The highest BCUT2D eigenvalue weighted by molar-refractivity contribution is 5.52. The van der Waals surface area contributed by atoms with E-state index in [1.165, 1.54) is 18.7 Å². The van der Waals surface area contributed by atoms with Gasteiger partial charge in [0.15, 0.2) is 5.65 Å². The predicted octanol–water partition coefficient (Wildman–Crippen LogP) is 1.42. The monoisotopic (exact) mass is 421 g/mol. The van der Waals surface area contributed by atoms with Crippen LogP contribution in [0.25, 0.3) is 5.65 Å². The second kappa shape index (κ2) is 8.69. The van der Waals surface area contributed by atoms with Crippen LogP contribution in [0.4, 0.5) is 11.8 Å². The molecule has 1 saturated carbocycles. The molecule has 0 bridgehead atoms. The number of nitrogens with one attached hydrogen (secondary N) is 1. The number of hydrogen-bond acceptors (Lipinski definition) is 10. The molecule has 0 radical (unpaired) electrons. The third-order valence-corrected chi connectivity index (χ3v) is 5.62. The number of aromatic nitrogens is 6. The molecule has 0 amide bonds. The Balaban J connectivity index is 1.23. The molecule has 1 N–H and O–H groups in total. The third kappa shape index (κ3) is 4.34. The lowest BCUT2D eigenvalue weighted by molar-refractivity contribution is 0.121. The van der Waals surface area contributed by atoms with Crippen LogP contribution in [0.2, 0.25) is 0 Å². The molecule has 31 heavy (non-hydrogen) atoms. The van der Waals surface area contributed by atoms with Crippen LogP contribution >= 0.6 is 0 Å². The minimum absolute atomic E-state index is 0.0553. The maximum Gasteiger partial charge on any atom is 0.321 e. The molecule has 2 aliphatic rings. The van der Waals surface area contributed by atoms with Gasteiger partial charge in [0.25, 0.3) is 0 Å². The largest absolute Gasteiger partial charge is 0.460 e. The van der Waals surface area contributed by atoms with Gasteiger partial charge in [0.05, 0.1) is 31.2 Å². The first-order chi connectivity index (χ1) is 15.3. The lowest BCUT2D eigenvalue weighted by Crippen LogP contribution is -2.37. The Morgan fingerprint density at radius 2 is 1.87 bits per heavy atom. The predicted molar refractivity (Wildman–Crippen MR) is 111 cm³/mol. The van der Waals surface area contributed by atoms with Crippen LogP contribution in [0, 0.1) is 11.3 Å². The highest BCUT2D eigenvalue weighted by Gasteiger charge is 2.25. The second-order valence-corrected chi connectivity index (χ2v) is 7.67. The number of anilines is 2. The minimum Gasteiger partial charge on any atom is -0.460 e. The van der Waals surface area contributed by atoms with E-state index >= 15 is 0 Å². The first-order valence-electron chi connectivity index (χ1n) is 10.5. The zero-order valence-electron chi connectivity index (χ0n) is 17.0. The van der Waals surface area contributed by atoms with Gasteiger partial charge < -0.3 is 19.7 Å². The van der Waals surface area contributed by atoms with Crippen molar-refractivity contribution in [3.8, 4) is 12.1 Å². The van der Waals surface area contributed by atoms with Crippen molar-refractivity contribution in [2.24, 2.45) is 0 Å². The summed E-state index contributed by atoms with van der Waals surface area (Å²) in [6.45, 7) is 2.97. The van der Waals surface area contributed by atoms with Crippen molar-refractivity contribution in [1.82, 2.24) is 29.5 Å². The summed E-state index contributed by atoms with van der Waals surface area (Å²) in [5.41, 5.74) is 1.17. The molecule has 4 heterocycles. The zero-order chi connectivity index (χ0) is 21.0. The average Bonchev–Trinajstić information content (AvgIpc) is 3.31. The summed E-state index contributed by atoms with van der Waals surface area (Å²) in [6.07, 6.45) is 8.25. The molecule has 1 aliphatic carbocycles. The van der Waals surface area contributed by atoms with E-state index in [2.05, 4.69) is 30.3 Å². The molecule has 5 rings (SSSR count). The van der Waals surface area contributed by atoms with E-state index in [9.17, 15) is 0 Å². The van der Waals surface area contributed by atoms with Crippen molar-refractivity contribution < 1.29 is 9.47 Å². The average molecular weight is 421 g/mol. The molecule has 0 unspecified atom stereocenters. The summed E-state index contributed by atoms with van der Waals surface area (Å²) in [5, 5.41) is 16.5. The smallest absolute Gasteiger partial charge is 0.321 e. The molecule has 11 heteroatoms. The number of rotatable bonds is 5.